The van der Waals surface area contributed by atoms with Gasteiger partial charge in [-0.1, -0.05) is 13.8 Å². The van der Waals surface area contributed by atoms with E-state index < -0.39 is 59.7 Å². The number of hydrogen-bond donors (Lipinski definition) is 3. The third-order valence-corrected chi connectivity index (χ3v) is 5.66. The van der Waals surface area contributed by atoms with Crippen molar-refractivity contribution in [3.63, 3.8) is 0 Å². The number of likely N-dealkylation sites (tertiary alicyclic amines) is 2. The van der Waals surface area contributed by atoms with E-state index in [9.17, 15) is 33.9 Å². The van der Waals surface area contributed by atoms with Crippen molar-refractivity contribution in [3.05, 3.63) is 0 Å². The molecule has 2 fully saturated rings. The second-order valence-electron chi connectivity index (χ2n) is 8.32. The van der Waals surface area contributed by atoms with E-state index in [0.717, 1.165) is 4.90 Å². The lowest BCUT2D eigenvalue weighted by atomic mass is 10.0. The summed E-state index contributed by atoms with van der Waals surface area (Å²) in [5.41, 5.74) is 0. The highest BCUT2D eigenvalue weighted by Crippen LogP contribution is 2.20. The van der Waals surface area contributed by atoms with E-state index in [0.29, 0.717) is 19.4 Å². The Morgan fingerprint density at radius 3 is 2.10 bits per heavy atom. The standard InChI is InChI=1S/C20H30N4O7/c1-10(2)16(20(30)31)22-18(28)13-6-5-9-23(13)19(29)11(3)21-17(27)12(4)24-14(25)7-8-15(24)26/h10-13,16H,5-9H2,1-4H3,(H,21,27)(H,22,28)(H,30,31)/t11-,12-,13-,16-/m0/s1. The zero-order valence-electron chi connectivity index (χ0n) is 18.2. The Morgan fingerprint density at radius 1 is 1.00 bits per heavy atom. The van der Waals surface area contributed by atoms with Crippen LogP contribution in [0.2, 0.25) is 0 Å². The van der Waals surface area contributed by atoms with Gasteiger partial charge in [-0.2, -0.15) is 0 Å². The minimum absolute atomic E-state index is 0.0588. The van der Waals surface area contributed by atoms with E-state index in [1.807, 2.05) is 0 Å². The molecule has 2 rings (SSSR count). The molecule has 0 aromatic heterocycles. The molecule has 0 unspecified atom stereocenters. The minimum Gasteiger partial charge on any atom is -0.480 e. The fraction of sp³-hybridized carbons (Fsp3) is 0.700. The average Bonchev–Trinajstić information content (AvgIpc) is 3.30. The Morgan fingerprint density at radius 2 is 1.58 bits per heavy atom. The fourth-order valence-corrected chi connectivity index (χ4v) is 3.85. The van der Waals surface area contributed by atoms with Gasteiger partial charge in [0.15, 0.2) is 0 Å². The third kappa shape index (κ3) is 5.39. The molecule has 0 aliphatic carbocycles. The second kappa shape index (κ2) is 9.88. The number of carboxylic acid groups (broad SMARTS) is 1. The second-order valence-corrected chi connectivity index (χ2v) is 8.32. The molecule has 0 aromatic carbocycles. The van der Waals surface area contributed by atoms with Gasteiger partial charge in [0, 0.05) is 19.4 Å². The van der Waals surface area contributed by atoms with Gasteiger partial charge in [0.2, 0.25) is 29.5 Å². The quantitative estimate of drug-likeness (QED) is 0.421. The van der Waals surface area contributed by atoms with Crippen molar-refractivity contribution in [2.75, 3.05) is 6.54 Å². The Labute approximate surface area is 180 Å². The highest BCUT2D eigenvalue weighted by atomic mass is 16.4. The van der Waals surface area contributed by atoms with E-state index in [-0.39, 0.29) is 18.8 Å². The van der Waals surface area contributed by atoms with Crippen LogP contribution in [0.5, 0.6) is 0 Å². The van der Waals surface area contributed by atoms with Gasteiger partial charge in [-0.05, 0) is 32.6 Å². The summed E-state index contributed by atoms with van der Waals surface area (Å²) < 4.78 is 0. The number of nitrogens with one attached hydrogen (secondary N) is 2. The van der Waals surface area contributed by atoms with E-state index in [1.165, 1.54) is 18.7 Å². The van der Waals surface area contributed by atoms with E-state index >= 15 is 0 Å². The third-order valence-electron chi connectivity index (χ3n) is 5.66. The lowest BCUT2D eigenvalue weighted by Crippen LogP contribution is -2.57. The fourth-order valence-electron chi connectivity index (χ4n) is 3.85. The number of carbonyl (C=O) groups excluding carboxylic acids is 5. The van der Waals surface area contributed by atoms with Gasteiger partial charge in [0.05, 0.1) is 0 Å². The smallest absolute Gasteiger partial charge is 0.326 e. The van der Waals surface area contributed by atoms with Gasteiger partial charge in [-0.25, -0.2) is 4.79 Å². The number of aliphatic carboxylic acids is 1. The van der Waals surface area contributed by atoms with Crippen molar-refractivity contribution in [3.8, 4) is 0 Å². The van der Waals surface area contributed by atoms with Gasteiger partial charge < -0.3 is 20.6 Å². The van der Waals surface area contributed by atoms with E-state index in [4.69, 9.17) is 0 Å². The topological polar surface area (TPSA) is 153 Å². The monoisotopic (exact) mass is 438 g/mol. The molecular weight excluding hydrogens is 408 g/mol. The largest absolute Gasteiger partial charge is 0.480 e. The maximum atomic E-state index is 12.9. The maximum Gasteiger partial charge on any atom is 0.326 e. The number of carbonyl (C=O) groups is 6. The van der Waals surface area contributed by atoms with Gasteiger partial charge in [0.1, 0.15) is 24.2 Å². The molecule has 0 bridgehead atoms. The molecule has 2 aliphatic rings. The number of carboxylic acids is 1. The van der Waals surface area contributed by atoms with Gasteiger partial charge >= 0.3 is 5.97 Å². The molecule has 172 valence electrons. The van der Waals surface area contributed by atoms with Crippen LogP contribution in [0.4, 0.5) is 0 Å². The summed E-state index contributed by atoms with van der Waals surface area (Å²) in [6.07, 6.45) is 1.07. The van der Waals surface area contributed by atoms with Crippen molar-refractivity contribution >= 4 is 35.5 Å². The maximum absolute atomic E-state index is 12.9. The predicted octanol–water partition coefficient (Wildman–Crippen LogP) is -0.755. The molecular formula is C20H30N4O7. The first kappa shape index (κ1) is 24.3. The first-order valence-electron chi connectivity index (χ1n) is 10.4. The normalized spacial score (nSPS) is 21.8. The van der Waals surface area contributed by atoms with Crippen LogP contribution in [0.1, 0.15) is 53.4 Å². The number of nitrogens with zero attached hydrogens (tertiary/aromatic N) is 2. The summed E-state index contributed by atoms with van der Waals surface area (Å²) >= 11 is 0. The number of amides is 5. The Bertz CT molecular complexity index is 765. The van der Waals surface area contributed by atoms with Crippen LogP contribution in [-0.4, -0.2) is 81.1 Å². The molecule has 31 heavy (non-hydrogen) atoms. The van der Waals surface area contributed by atoms with E-state index in [1.54, 1.807) is 13.8 Å². The van der Waals surface area contributed by atoms with Gasteiger partial charge in [-0.3, -0.25) is 28.9 Å². The summed E-state index contributed by atoms with van der Waals surface area (Å²) in [5.74, 6) is -4.03. The van der Waals surface area contributed by atoms with Crippen molar-refractivity contribution in [2.45, 2.75) is 77.5 Å². The van der Waals surface area contributed by atoms with E-state index in [2.05, 4.69) is 10.6 Å². The summed E-state index contributed by atoms with van der Waals surface area (Å²) in [6, 6.07) is -3.93. The molecule has 2 aliphatic heterocycles. The lowest BCUT2D eigenvalue weighted by molar-refractivity contribution is -0.147. The average molecular weight is 438 g/mol. The minimum atomic E-state index is -1.15. The summed E-state index contributed by atoms with van der Waals surface area (Å²) in [7, 11) is 0. The molecule has 2 saturated heterocycles. The van der Waals surface area contributed by atoms with Crippen LogP contribution in [0.3, 0.4) is 0 Å². The molecule has 4 atom stereocenters. The Balaban J connectivity index is 2.01. The van der Waals surface area contributed by atoms with Crippen LogP contribution >= 0.6 is 0 Å². The number of rotatable bonds is 8. The summed E-state index contributed by atoms with van der Waals surface area (Å²) in [5, 5.41) is 14.3. The van der Waals surface area contributed by atoms with Crippen LogP contribution in [0.15, 0.2) is 0 Å². The van der Waals surface area contributed by atoms with Crippen LogP contribution in [0.25, 0.3) is 0 Å². The zero-order chi connectivity index (χ0) is 23.5. The van der Waals surface area contributed by atoms with Crippen LogP contribution in [-0.2, 0) is 28.8 Å². The van der Waals surface area contributed by atoms with Crippen molar-refractivity contribution < 1.29 is 33.9 Å². The Kier molecular flexibility index (Phi) is 7.75. The SMILES string of the molecule is CC(C)[C@H](NC(=O)[C@@H]1CCCN1C(=O)[C@H](C)NC(=O)[C@H](C)N1C(=O)CCC1=O)C(=O)O. The van der Waals surface area contributed by atoms with Crippen molar-refractivity contribution in [2.24, 2.45) is 5.92 Å². The van der Waals surface area contributed by atoms with Crippen LogP contribution < -0.4 is 10.6 Å². The first-order valence-corrected chi connectivity index (χ1v) is 10.4. The Hall–Kier alpha value is -2.98. The van der Waals surface area contributed by atoms with Crippen LogP contribution in [0, 0.1) is 5.92 Å². The molecule has 11 heteroatoms. The molecule has 5 amide bonds. The van der Waals surface area contributed by atoms with Crippen molar-refractivity contribution in [1.29, 1.82) is 0 Å². The lowest BCUT2D eigenvalue weighted by Gasteiger charge is -2.29. The number of hydrogen-bond acceptors (Lipinski definition) is 6. The highest BCUT2D eigenvalue weighted by Gasteiger charge is 2.40. The molecule has 11 nitrogen and oxygen atoms in total. The molecule has 3 N–H and O–H groups in total. The highest BCUT2D eigenvalue weighted by molar-refractivity contribution is 6.06. The van der Waals surface area contributed by atoms with Gasteiger partial charge in [-0.15, -0.1) is 0 Å². The summed E-state index contributed by atoms with van der Waals surface area (Å²) in [6.45, 7) is 6.52. The van der Waals surface area contributed by atoms with Gasteiger partial charge in [0.25, 0.3) is 0 Å². The molecule has 0 saturated carbocycles. The van der Waals surface area contributed by atoms with Crippen molar-refractivity contribution in [1.82, 2.24) is 20.4 Å². The molecule has 0 aromatic rings. The summed E-state index contributed by atoms with van der Waals surface area (Å²) in [4.78, 5) is 75.3. The zero-order valence-corrected chi connectivity index (χ0v) is 18.2. The predicted molar refractivity (Wildman–Crippen MR) is 107 cm³/mol. The molecule has 0 radical (unpaired) electrons. The number of imide groups is 1. The first-order chi connectivity index (χ1) is 14.5. The molecule has 0 spiro atoms. The molecule has 2 heterocycles.